The molecule has 9 heteroatoms. The number of nitrogens with zero attached hydrogens (tertiary/aromatic N) is 5. The van der Waals surface area contributed by atoms with E-state index in [2.05, 4.69) is 10.2 Å². The van der Waals surface area contributed by atoms with E-state index in [4.69, 9.17) is 4.74 Å². The number of aliphatic hydroxyl groups excluding tert-OH is 1. The Morgan fingerprint density at radius 2 is 1.90 bits per heavy atom. The van der Waals surface area contributed by atoms with Crippen molar-refractivity contribution >= 4 is 11.8 Å². The summed E-state index contributed by atoms with van der Waals surface area (Å²) in [5.74, 6) is 1.92. The van der Waals surface area contributed by atoms with Crippen LogP contribution in [0.1, 0.15) is 48.3 Å². The molecular weight excluding hydrogens is 386 g/mol. The van der Waals surface area contributed by atoms with E-state index in [9.17, 15) is 14.7 Å². The summed E-state index contributed by atoms with van der Waals surface area (Å²) >= 11 is 0. The number of fused-ring (bicyclic) bond motifs is 1. The highest BCUT2D eigenvalue weighted by Crippen LogP contribution is 2.34. The van der Waals surface area contributed by atoms with Gasteiger partial charge < -0.3 is 24.2 Å². The molecule has 0 saturated carbocycles. The van der Waals surface area contributed by atoms with E-state index < -0.39 is 6.10 Å². The normalized spacial score (nSPS) is 21.1. The number of likely N-dealkylation sites (tertiary alicyclic amines) is 1. The van der Waals surface area contributed by atoms with Gasteiger partial charge >= 0.3 is 0 Å². The van der Waals surface area contributed by atoms with Gasteiger partial charge in [0.2, 0.25) is 5.91 Å². The van der Waals surface area contributed by atoms with E-state index in [-0.39, 0.29) is 30.3 Å². The summed E-state index contributed by atoms with van der Waals surface area (Å²) in [7, 11) is 1.58. The molecule has 4 rings (SSSR count). The number of aromatic nitrogens is 3. The minimum absolute atomic E-state index is 0.0680. The molecule has 160 valence electrons. The summed E-state index contributed by atoms with van der Waals surface area (Å²) in [5, 5.41) is 18.9. The van der Waals surface area contributed by atoms with Gasteiger partial charge in [0.05, 0.1) is 25.8 Å². The second-order valence-electron chi connectivity index (χ2n) is 8.13. The molecule has 2 aliphatic rings. The molecule has 1 aromatic heterocycles. The highest BCUT2D eigenvalue weighted by Gasteiger charge is 2.40. The van der Waals surface area contributed by atoms with Crippen LogP contribution < -0.4 is 4.74 Å². The smallest absolute Gasteiger partial charge is 0.254 e. The maximum absolute atomic E-state index is 13.1. The monoisotopic (exact) mass is 413 g/mol. The summed E-state index contributed by atoms with van der Waals surface area (Å²) in [6, 6.07) is 6.57. The van der Waals surface area contributed by atoms with Crippen LogP contribution >= 0.6 is 0 Å². The highest BCUT2D eigenvalue weighted by molar-refractivity contribution is 5.94. The SMILES string of the molecule is COc1ccc(C(=O)N2CC(O)CC2c2nnc3n2CCN(C(=O)C(C)C)C3)cc1. The number of benzene rings is 1. The van der Waals surface area contributed by atoms with Crippen molar-refractivity contribution in [2.24, 2.45) is 5.92 Å². The van der Waals surface area contributed by atoms with Crippen LogP contribution in [-0.2, 0) is 17.9 Å². The second kappa shape index (κ2) is 8.06. The molecule has 1 fully saturated rings. The Bertz CT molecular complexity index is 939. The fourth-order valence-corrected chi connectivity index (χ4v) is 4.16. The zero-order valence-corrected chi connectivity index (χ0v) is 17.5. The number of hydrogen-bond acceptors (Lipinski definition) is 6. The Morgan fingerprint density at radius 3 is 2.57 bits per heavy atom. The summed E-state index contributed by atoms with van der Waals surface area (Å²) in [6.45, 7) is 5.58. The zero-order chi connectivity index (χ0) is 21.4. The van der Waals surface area contributed by atoms with Crippen molar-refractivity contribution in [1.29, 1.82) is 0 Å². The topological polar surface area (TPSA) is 101 Å². The summed E-state index contributed by atoms with van der Waals surface area (Å²) < 4.78 is 7.15. The Hall–Kier alpha value is -2.94. The predicted octanol–water partition coefficient (Wildman–Crippen LogP) is 1.23. The van der Waals surface area contributed by atoms with Crippen LogP contribution in [0.2, 0.25) is 0 Å². The molecule has 30 heavy (non-hydrogen) atoms. The van der Waals surface area contributed by atoms with Crippen LogP contribution in [0.4, 0.5) is 0 Å². The number of ether oxygens (including phenoxy) is 1. The molecule has 1 saturated heterocycles. The fraction of sp³-hybridized carbons (Fsp3) is 0.524. The Balaban J connectivity index is 1.57. The minimum atomic E-state index is -0.618. The van der Waals surface area contributed by atoms with Gasteiger partial charge in [0.25, 0.3) is 5.91 Å². The number of rotatable bonds is 4. The molecule has 1 N–H and O–H groups in total. The summed E-state index contributed by atoms with van der Waals surface area (Å²) in [5.41, 5.74) is 0.530. The van der Waals surface area contributed by atoms with Crippen LogP contribution in [0, 0.1) is 5.92 Å². The van der Waals surface area contributed by atoms with Gasteiger partial charge in [-0.3, -0.25) is 9.59 Å². The van der Waals surface area contributed by atoms with E-state index in [1.165, 1.54) is 0 Å². The third-order valence-electron chi connectivity index (χ3n) is 5.76. The third kappa shape index (κ3) is 3.65. The molecule has 2 amide bonds. The number of aliphatic hydroxyl groups is 1. The molecule has 2 unspecified atom stereocenters. The Labute approximate surface area is 175 Å². The first-order valence-corrected chi connectivity index (χ1v) is 10.2. The molecule has 3 heterocycles. The lowest BCUT2D eigenvalue weighted by atomic mass is 10.1. The zero-order valence-electron chi connectivity index (χ0n) is 17.5. The van der Waals surface area contributed by atoms with Crippen LogP contribution in [0.3, 0.4) is 0 Å². The number of hydrogen-bond donors (Lipinski definition) is 1. The molecule has 0 spiro atoms. The lowest BCUT2D eigenvalue weighted by Crippen LogP contribution is -2.41. The van der Waals surface area contributed by atoms with Crippen molar-refractivity contribution in [3.63, 3.8) is 0 Å². The van der Waals surface area contributed by atoms with E-state index in [0.717, 1.165) is 0 Å². The third-order valence-corrected chi connectivity index (χ3v) is 5.76. The average Bonchev–Trinajstić information content (AvgIpc) is 3.35. The van der Waals surface area contributed by atoms with Crippen LogP contribution in [0.25, 0.3) is 0 Å². The van der Waals surface area contributed by atoms with Crippen LogP contribution in [-0.4, -0.2) is 67.8 Å². The molecule has 2 aliphatic heterocycles. The maximum Gasteiger partial charge on any atom is 0.254 e. The highest BCUT2D eigenvalue weighted by atomic mass is 16.5. The predicted molar refractivity (Wildman–Crippen MR) is 108 cm³/mol. The number of amides is 2. The van der Waals surface area contributed by atoms with Crippen LogP contribution in [0.15, 0.2) is 24.3 Å². The Kier molecular flexibility index (Phi) is 5.46. The van der Waals surface area contributed by atoms with Gasteiger partial charge in [-0.2, -0.15) is 0 Å². The number of carbonyl (C=O) groups is 2. The summed E-state index contributed by atoms with van der Waals surface area (Å²) in [6.07, 6.45) is -0.206. The average molecular weight is 413 g/mol. The first kappa shape index (κ1) is 20.3. The van der Waals surface area contributed by atoms with Crippen molar-refractivity contribution in [2.75, 3.05) is 20.2 Å². The molecule has 0 aliphatic carbocycles. The fourth-order valence-electron chi connectivity index (χ4n) is 4.16. The van der Waals surface area contributed by atoms with E-state index in [1.807, 2.05) is 18.4 Å². The number of β-amino-alcohol motifs (C(OH)–C–C–N with tert-alkyl or cyclic N) is 1. The van der Waals surface area contributed by atoms with Crippen molar-refractivity contribution in [1.82, 2.24) is 24.6 Å². The molecule has 0 radical (unpaired) electrons. The molecule has 2 atom stereocenters. The first-order chi connectivity index (χ1) is 14.4. The molecule has 2 aromatic rings. The van der Waals surface area contributed by atoms with Gasteiger partial charge in [-0.05, 0) is 24.3 Å². The van der Waals surface area contributed by atoms with Crippen molar-refractivity contribution in [3.05, 3.63) is 41.5 Å². The number of methoxy groups -OCH3 is 1. The lowest BCUT2D eigenvalue weighted by molar-refractivity contribution is -0.136. The van der Waals surface area contributed by atoms with Gasteiger partial charge in [-0.1, -0.05) is 13.8 Å². The first-order valence-electron chi connectivity index (χ1n) is 10.2. The molecular formula is C21H27N5O4. The molecule has 0 bridgehead atoms. The maximum atomic E-state index is 13.1. The molecule has 9 nitrogen and oxygen atoms in total. The largest absolute Gasteiger partial charge is 0.497 e. The second-order valence-corrected chi connectivity index (χ2v) is 8.13. The van der Waals surface area contributed by atoms with Crippen molar-refractivity contribution < 1.29 is 19.4 Å². The summed E-state index contributed by atoms with van der Waals surface area (Å²) in [4.78, 5) is 28.9. The van der Waals surface area contributed by atoms with Crippen LogP contribution in [0.5, 0.6) is 5.75 Å². The number of carbonyl (C=O) groups excluding carboxylic acids is 2. The van der Waals surface area contributed by atoms with E-state index >= 15 is 0 Å². The van der Waals surface area contributed by atoms with Crippen molar-refractivity contribution in [3.8, 4) is 5.75 Å². The van der Waals surface area contributed by atoms with Crippen molar-refractivity contribution in [2.45, 2.75) is 45.5 Å². The minimum Gasteiger partial charge on any atom is -0.497 e. The van der Waals surface area contributed by atoms with E-state index in [0.29, 0.717) is 49.0 Å². The van der Waals surface area contributed by atoms with Gasteiger partial charge in [-0.15, -0.1) is 10.2 Å². The molecule has 1 aromatic carbocycles. The standard InChI is InChI=1S/C21H27N5O4/c1-13(2)20(28)24-8-9-25-18(12-24)22-23-19(25)17-10-15(27)11-26(17)21(29)14-4-6-16(30-3)7-5-14/h4-7,13,15,17,27H,8-12H2,1-3H3. The van der Waals surface area contributed by atoms with Gasteiger partial charge in [-0.25, -0.2) is 0 Å². The van der Waals surface area contributed by atoms with E-state index in [1.54, 1.807) is 41.2 Å². The Morgan fingerprint density at radius 1 is 1.17 bits per heavy atom. The van der Waals surface area contributed by atoms with Gasteiger partial charge in [0.15, 0.2) is 11.6 Å². The van der Waals surface area contributed by atoms with Gasteiger partial charge in [0.1, 0.15) is 5.75 Å². The quantitative estimate of drug-likeness (QED) is 0.809. The van der Waals surface area contributed by atoms with Gasteiger partial charge in [0, 0.05) is 37.5 Å². The lowest BCUT2D eigenvalue weighted by Gasteiger charge is -2.31.